The summed E-state index contributed by atoms with van der Waals surface area (Å²) in [6.45, 7) is 0.940. The van der Waals surface area contributed by atoms with Gasteiger partial charge in [-0.05, 0) is 42.6 Å². The van der Waals surface area contributed by atoms with Crippen LogP contribution in [0.4, 0.5) is 10.1 Å². The zero-order valence-electron chi connectivity index (χ0n) is 14.8. The molecule has 0 aliphatic heterocycles. The minimum absolute atomic E-state index is 0.0310. The number of anilines is 1. The largest absolute Gasteiger partial charge is 0.455 e. The van der Waals surface area contributed by atoms with Gasteiger partial charge in [-0.3, -0.25) is 24.5 Å². The predicted molar refractivity (Wildman–Crippen MR) is 105 cm³/mol. The minimum Gasteiger partial charge on any atom is -0.455 e. The van der Waals surface area contributed by atoms with Crippen molar-refractivity contribution in [2.24, 2.45) is 0 Å². The quantitative estimate of drug-likeness (QED) is 0.631. The van der Waals surface area contributed by atoms with E-state index in [0.29, 0.717) is 10.6 Å². The maximum atomic E-state index is 12.8. The Bertz CT molecular complexity index is 840. The third-order valence-corrected chi connectivity index (χ3v) is 5.26. The summed E-state index contributed by atoms with van der Waals surface area (Å²) in [5.41, 5.74) is 0.439. The smallest absolute Gasteiger partial charge is 0.319 e. The summed E-state index contributed by atoms with van der Waals surface area (Å²) in [7, 11) is 0. The van der Waals surface area contributed by atoms with Crippen LogP contribution in [-0.2, 0) is 19.1 Å². The number of rotatable bonds is 8. The third kappa shape index (κ3) is 7.12. The summed E-state index contributed by atoms with van der Waals surface area (Å²) in [6.07, 6.45) is 0. The fourth-order valence-corrected chi connectivity index (χ4v) is 3.18. The second-order valence-corrected chi connectivity index (χ2v) is 7.75. The van der Waals surface area contributed by atoms with Gasteiger partial charge in [0.15, 0.2) is 6.61 Å². The van der Waals surface area contributed by atoms with Crippen molar-refractivity contribution >= 4 is 52.5 Å². The number of ether oxygens (including phenoxy) is 1. The van der Waals surface area contributed by atoms with E-state index in [1.54, 1.807) is 17.5 Å². The Morgan fingerprint density at radius 2 is 1.86 bits per heavy atom. The molecule has 1 atom stereocenters. The predicted octanol–water partition coefficient (Wildman–Crippen LogP) is 2.45. The molecular formula is C18H17FN2O5S2. The average Bonchev–Trinajstić information content (AvgIpc) is 3.21. The summed E-state index contributed by atoms with van der Waals surface area (Å²) in [5, 5.41) is 5.69. The number of halogens is 1. The molecule has 7 nitrogen and oxygen atoms in total. The normalized spacial score (nSPS) is 11.4. The molecule has 2 N–H and O–H groups in total. The van der Waals surface area contributed by atoms with Gasteiger partial charge in [-0.2, -0.15) is 0 Å². The second kappa shape index (κ2) is 10.6. The molecule has 0 saturated carbocycles. The molecular weight excluding hydrogens is 407 g/mol. The maximum absolute atomic E-state index is 12.8. The topological polar surface area (TPSA) is 102 Å². The van der Waals surface area contributed by atoms with Crippen LogP contribution < -0.4 is 10.6 Å². The van der Waals surface area contributed by atoms with Crippen molar-refractivity contribution < 1.29 is 28.3 Å². The lowest BCUT2D eigenvalue weighted by Gasteiger charge is -2.11. The first-order valence-corrected chi connectivity index (χ1v) is 9.99. The number of hydrogen-bond donors (Lipinski definition) is 2. The minimum atomic E-state index is -0.738. The van der Waals surface area contributed by atoms with E-state index in [9.17, 15) is 23.6 Å². The number of thioether (sulfide) groups is 1. The molecule has 1 aromatic carbocycles. The molecule has 3 amide bonds. The van der Waals surface area contributed by atoms with E-state index < -0.39 is 35.5 Å². The number of nitrogens with one attached hydrogen (secondary N) is 2. The highest BCUT2D eigenvalue weighted by Gasteiger charge is 2.19. The zero-order chi connectivity index (χ0) is 20.5. The molecule has 0 fully saturated rings. The van der Waals surface area contributed by atoms with Crippen LogP contribution in [0.25, 0.3) is 0 Å². The summed E-state index contributed by atoms with van der Waals surface area (Å²) < 4.78 is 17.7. The molecule has 1 unspecified atom stereocenters. The van der Waals surface area contributed by atoms with Crippen LogP contribution in [0.3, 0.4) is 0 Å². The summed E-state index contributed by atoms with van der Waals surface area (Å²) in [5.74, 6) is -2.79. The summed E-state index contributed by atoms with van der Waals surface area (Å²) in [4.78, 5) is 47.5. The van der Waals surface area contributed by atoms with Crippen LogP contribution in [0.5, 0.6) is 0 Å². The SMILES string of the molecule is CC(SCC(=O)Nc1ccc(F)cc1)C(=O)OCC(=O)NC(=O)c1cccs1. The Balaban J connectivity index is 1.67. The average molecular weight is 424 g/mol. The van der Waals surface area contributed by atoms with Crippen molar-refractivity contribution in [3.05, 3.63) is 52.5 Å². The van der Waals surface area contributed by atoms with Crippen molar-refractivity contribution in [3.8, 4) is 0 Å². The van der Waals surface area contributed by atoms with E-state index in [4.69, 9.17) is 4.74 Å². The van der Waals surface area contributed by atoms with E-state index in [2.05, 4.69) is 10.6 Å². The Morgan fingerprint density at radius 1 is 1.14 bits per heavy atom. The van der Waals surface area contributed by atoms with E-state index in [-0.39, 0.29) is 11.7 Å². The lowest BCUT2D eigenvalue weighted by molar-refractivity contribution is -0.147. The molecule has 2 rings (SSSR count). The van der Waals surface area contributed by atoms with Gasteiger partial charge in [-0.15, -0.1) is 23.1 Å². The van der Waals surface area contributed by atoms with Gasteiger partial charge in [0, 0.05) is 5.69 Å². The van der Waals surface area contributed by atoms with Gasteiger partial charge in [-0.25, -0.2) is 4.39 Å². The number of carbonyl (C=O) groups excluding carboxylic acids is 4. The monoisotopic (exact) mass is 424 g/mol. The molecule has 0 bridgehead atoms. The fourth-order valence-electron chi connectivity index (χ4n) is 1.89. The van der Waals surface area contributed by atoms with Gasteiger partial charge < -0.3 is 10.1 Å². The van der Waals surface area contributed by atoms with Crippen molar-refractivity contribution in [2.75, 3.05) is 17.7 Å². The molecule has 0 aliphatic rings. The molecule has 2 aromatic rings. The van der Waals surface area contributed by atoms with Gasteiger partial charge >= 0.3 is 5.97 Å². The van der Waals surface area contributed by atoms with Gasteiger partial charge in [0.05, 0.1) is 10.6 Å². The number of benzene rings is 1. The molecule has 148 valence electrons. The van der Waals surface area contributed by atoms with Crippen molar-refractivity contribution in [1.29, 1.82) is 0 Å². The van der Waals surface area contributed by atoms with Crippen molar-refractivity contribution in [3.63, 3.8) is 0 Å². The molecule has 10 heteroatoms. The van der Waals surface area contributed by atoms with Gasteiger partial charge in [0.2, 0.25) is 5.91 Å². The molecule has 0 saturated heterocycles. The summed E-state index contributed by atoms with van der Waals surface area (Å²) in [6, 6.07) is 8.52. The zero-order valence-corrected chi connectivity index (χ0v) is 16.4. The molecule has 1 aromatic heterocycles. The maximum Gasteiger partial charge on any atom is 0.319 e. The van der Waals surface area contributed by atoms with Gasteiger partial charge in [-0.1, -0.05) is 6.07 Å². The first-order valence-electron chi connectivity index (χ1n) is 8.06. The fraction of sp³-hybridized carbons (Fsp3) is 0.222. The third-order valence-electron chi connectivity index (χ3n) is 3.27. The van der Waals surface area contributed by atoms with E-state index in [1.807, 2.05) is 0 Å². The summed E-state index contributed by atoms with van der Waals surface area (Å²) >= 11 is 2.20. The number of thiophene rings is 1. The highest BCUT2D eigenvalue weighted by molar-refractivity contribution is 8.01. The van der Waals surface area contributed by atoms with Gasteiger partial charge in [0.25, 0.3) is 11.8 Å². The number of imide groups is 1. The molecule has 0 spiro atoms. The van der Waals surface area contributed by atoms with Crippen LogP contribution in [0.2, 0.25) is 0 Å². The Hall–Kier alpha value is -2.72. The highest BCUT2D eigenvalue weighted by atomic mass is 32.2. The Labute approximate surface area is 168 Å². The lowest BCUT2D eigenvalue weighted by atomic mass is 10.3. The molecule has 28 heavy (non-hydrogen) atoms. The second-order valence-electron chi connectivity index (χ2n) is 5.47. The highest BCUT2D eigenvalue weighted by Crippen LogP contribution is 2.14. The Morgan fingerprint density at radius 3 is 2.50 bits per heavy atom. The number of carbonyl (C=O) groups is 4. The molecule has 1 heterocycles. The van der Waals surface area contributed by atoms with E-state index in [0.717, 1.165) is 11.8 Å². The van der Waals surface area contributed by atoms with E-state index in [1.165, 1.54) is 42.5 Å². The lowest BCUT2D eigenvalue weighted by Crippen LogP contribution is -2.34. The number of hydrogen-bond acceptors (Lipinski definition) is 7. The van der Waals surface area contributed by atoms with Crippen LogP contribution >= 0.6 is 23.1 Å². The number of amides is 3. The van der Waals surface area contributed by atoms with Gasteiger partial charge in [0.1, 0.15) is 11.1 Å². The molecule has 0 radical (unpaired) electrons. The van der Waals surface area contributed by atoms with Crippen molar-refractivity contribution in [2.45, 2.75) is 12.2 Å². The standard InChI is InChI=1S/C18H17FN2O5S2/c1-11(28-10-16(23)20-13-6-4-12(19)5-7-13)18(25)26-9-15(22)21-17(24)14-3-2-8-27-14/h2-8,11H,9-10H2,1H3,(H,20,23)(H,21,22,24). The van der Waals surface area contributed by atoms with Crippen LogP contribution in [0.1, 0.15) is 16.6 Å². The molecule has 0 aliphatic carbocycles. The first-order chi connectivity index (χ1) is 13.3. The Kier molecular flexibility index (Phi) is 8.15. The van der Waals surface area contributed by atoms with Crippen LogP contribution in [0.15, 0.2) is 41.8 Å². The number of esters is 1. The van der Waals surface area contributed by atoms with Crippen LogP contribution in [-0.4, -0.2) is 41.3 Å². The van der Waals surface area contributed by atoms with Crippen molar-refractivity contribution in [1.82, 2.24) is 5.32 Å². The van der Waals surface area contributed by atoms with Crippen LogP contribution in [0, 0.1) is 5.82 Å². The van der Waals surface area contributed by atoms with E-state index >= 15 is 0 Å². The first kappa shape index (κ1) is 21.6.